The van der Waals surface area contributed by atoms with Crippen molar-refractivity contribution < 1.29 is 8.42 Å². The van der Waals surface area contributed by atoms with E-state index >= 15 is 0 Å². The molecule has 1 heterocycles. The van der Waals surface area contributed by atoms with E-state index in [-0.39, 0.29) is 11.6 Å². The van der Waals surface area contributed by atoms with Crippen LogP contribution in [0.25, 0.3) is 0 Å². The Morgan fingerprint density at radius 1 is 1.22 bits per heavy atom. The number of sulfonamides is 1. The highest BCUT2D eigenvalue weighted by Gasteiger charge is 2.28. The molecule has 0 atom stereocenters. The van der Waals surface area contributed by atoms with Crippen LogP contribution in [0.1, 0.15) is 48.3 Å². The monoisotopic (exact) mass is 264 g/mol. The van der Waals surface area contributed by atoms with Gasteiger partial charge in [0.25, 0.3) is 10.0 Å². The zero-order valence-corrected chi connectivity index (χ0v) is 10.9. The Labute approximate surface area is 107 Å². The molecule has 96 valence electrons. The minimum atomic E-state index is -3.42. The van der Waals surface area contributed by atoms with Gasteiger partial charge in [0.2, 0.25) is 0 Å². The maximum atomic E-state index is 11.6. The summed E-state index contributed by atoms with van der Waals surface area (Å²) in [7, 11) is -3.42. The van der Waals surface area contributed by atoms with Crippen LogP contribution < -0.4 is 5.73 Å². The molecule has 18 heavy (non-hydrogen) atoms. The van der Waals surface area contributed by atoms with Crippen molar-refractivity contribution in [2.75, 3.05) is 0 Å². The fourth-order valence-electron chi connectivity index (χ4n) is 3.05. The lowest BCUT2D eigenvalue weighted by molar-refractivity contribution is 0.596. The Hall–Kier alpha value is -1.36. The summed E-state index contributed by atoms with van der Waals surface area (Å²) in [6, 6.07) is 5.84. The summed E-state index contributed by atoms with van der Waals surface area (Å²) in [6.45, 7) is 0. The Kier molecular flexibility index (Phi) is 2.66. The summed E-state index contributed by atoms with van der Waals surface area (Å²) in [5.41, 5.74) is 8.72. The smallest absolute Gasteiger partial charge is 0.259 e. The van der Waals surface area contributed by atoms with E-state index in [1.54, 1.807) is 0 Å². The second-order valence-corrected chi connectivity index (χ2v) is 6.70. The normalized spacial score (nSPS) is 22.6. The van der Waals surface area contributed by atoms with Crippen LogP contribution in [0.5, 0.6) is 0 Å². The van der Waals surface area contributed by atoms with E-state index in [0.717, 1.165) is 24.0 Å². The second-order valence-electron chi connectivity index (χ2n) is 5.07. The molecule has 0 radical (unpaired) electrons. The topological polar surface area (TPSA) is 72.5 Å². The lowest BCUT2D eigenvalue weighted by Gasteiger charge is -2.21. The molecule has 1 aliphatic heterocycles. The lowest BCUT2D eigenvalue weighted by Crippen LogP contribution is -2.26. The largest absolute Gasteiger partial charge is 0.383 e. The third-order valence-electron chi connectivity index (χ3n) is 3.81. The molecule has 1 aromatic rings. The highest BCUT2D eigenvalue weighted by atomic mass is 32.2. The molecular formula is C13H16N2O2S. The minimum absolute atomic E-state index is 0.0242. The average molecular weight is 264 g/mol. The Balaban J connectivity index is 2.15. The summed E-state index contributed by atoms with van der Waals surface area (Å²) in [5.74, 6) is 0.650. The molecule has 0 bridgehead atoms. The number of hydrogen-bond donors (Lipinski definition) is 1. The van der Waals surface area contributed by atoms with Crippen LogP contribution in [0.3, 0.4) is 0 Å². The van der Waals surface area contributed by atoms with Crippen molar-refractivity contribution >= 4 is 15.9 Å². The first kappa shape index (κ1) is 11.7. The van der Waals surface area contributed by atoms with E-state index < -0.39 is 10.0 Å². The summed E-state index contributed by atoms with van der Waals surface area (Å²) in [5, 5.41) is 0. The maximum absolute atomic E-state index is 11.6. The number of amidine groups is 1. The molecule has 5 heteroatoms. The predicted octanol–water partition coefficient (Wildman–Crippen LogP) is 1.89. The summed E-state index contributed by atoms with van der Waals surface area (Å²) in [6.07, 6.45) is 4.81. The predicted molar refractivity (Wildman–Crippen MR) is 71.0 cm³/mol. The molecule has 1 saturated carbocycles. The van der Waals surface area contributed by atoms with E-state index in [1.807, 2.05) is 12.1 Å². The zero-order valence-electron chi connectivity index (χ0n) is 10.1. The number of nitrogens with two attached hydrogens (primary N) is 1. The van der Waals surface area contributed by atoms with Gasteiger partial charge in [-0.05, 0) is 29.9 Å². The van der Waals surface area contributed by atoms with Crippen LogP contribution in [0, 0.1) is 0 Å². The van der Waals surface area contributed by atoms with E-state index in [1.165, 1.54) is 18.4 Å². The van der Waals surface area contributed by atoms with Gasteiger partial charge in [-0.1, -0.05) is 31.0 Å². The van der Waals surface area contributed by atoms with Crippen molar-refractivity contribution in [3.05, 3.63) is 34.9 Å². The van der Waals surface area contributed by atoms with Crippen molar-refractivity contribution in [1.82, 2.24) is 0 Å². The van der Waals surface area contributed by atoms with Crippen molar-refractivity contribution in [3.8, 4) is 0 Å². The fraction of sp³-hybridized carbons (Fsp3) is 0.462. The van der Waals surface area contributed by atoms with Gasteiger partial charge in [0.1, 0.15) is 5.84 Å². The Morgan fingerprint density at radius 2 is 1.94 bits per heavy atom. The summed E-state index contributed by atoms with van der Waals surface area (Å²) in [4.78, 5) is 0. The molecule has 0 spiro atoms. The molecule has 4 nitrogen and oxygen atoms in total. The van der Waals surface area contributed by atoms with Crippen LogP contribution in [-0.4, -0.2) is 14.3 Å². The van der Waals surface area contributed by atoms with Gasteiger partial charge in [-0.25, -0.2) is 8.42 Å². The van der Waals surface area contributed by atoms with Gasteiger partial charge < -0.3 is 5.73 Å². The van der Waals surface area contributed by atoms with Crippen molar-refractivity contribution in [3.63, 3.8) is 0 Å². The first-order chi connectivity index (χ1) is 8.57. The van der Waals surface area contributed by atoms with Crippen LogP contribution in [0.4, 0.5) is 0 Å². The van der Waals surface area contributed by atoms with Crippen LogP contribution >= 0.6 is 0 Å². The highest BCUT2D eigenvalue weighted by molar-refractivity contribution is 7.89. The molecular weight excluding hydrogens is 248 g/mol. The molecule has 2 N–H and O–H groups in total. The molecule has 3 rings (SSSR count). The number of rotatable bonds is 1. The highest BCUT2D eigenvalue weighted by Crippen LogP contribution is 2.37. The van der Waals surface area contributed by atoms with Gasteiger partial charge in [-0.15, -0.1) is 4.40 Å². The first-order valence-electron chi connectivity index (χ1n) is 6.27. The summed E-state index contributed by atoms with van der Waals surface area (Å²) >= 11 is 0. The van der Waals surface area contributed by atoms with Crippen molar-refractivity contribution in [2.24, 2.45) is 10.1 Å². The number of nitrogens with zero attached hydrogens (tertiary/aromatic N) is 1. The fourth-order valence-corrected chi connectivity index (χ4v) is 4.14. The molecule has 1 aliphatic carbocycles. The van der Waals surface area contributed by atoms with Gasteiger partial charge in [0.15, 0.2) is 0 Å². The Morgan fingerprint density at radius 3 is 2.67 bits per heavy atom. The average Bonchev–Trinajstić information content (AvgIpc) is 2.79. The SMILES string of the molecule is NC1=NS(=O)(=O)Cc2cccc(C3CCCC3)c21. The second kappa shape index (κ2) is 4.09. The Bertz CT molecular complexity index is 614. The molecule has 1 aromatic carbocycles. The maximum Gasteiger partial charge on any atom is 0.259 e. The molecule has 0 saturated heterocycles. The molecule has 2 aliphatic rings. The molecule has 0 unspecified atom stereocenters. The third kappa shape index (κ3) is 1.92. The van der Waals surface area contributed by atoms with Gasteiger partial charge in [-0.2, -0.15) is 0 Å². The lowest BCUT2D eigenvalue weighted by atomic mass is 9.90. The molecule has 0 amide bonds. The van der Waals surface area contributed by atoms with Gasteiger partial charge >= 0.3 is 0 Å². The van der Waals surface area contributed by atoms with Gasteiger partial charge in [-0.3, -0.25) is 0 Å². The quantitative estimate of drug-likeness (QED) is 0.842. The van der Waals surface area contributed by atoms with Gasteiger partial charge in [0.05, 0.1) is 5.75 Å². The third-order valence-corrected chi connectivity index (χ3v) is 4.96. The van der Waals surface area contributed by atoms with E-state index in [4.69, 9.17) is 5.73 Å². The van der Waals surface area contributed by atoms with E-state index in [0.29, 0.717) is 5.92 Å². The first-order valence-corrected chi connectivity index (χ1v) is 7.88. The van der Waals surface area contributed by atoms with Gasteiger partial charge in [0, 0.05) is 5.56 Å². The molecule has 0 aromatic heterocycles. The van der Waals surface area contributed by atoms with Crippen molar-refractivity contribution in [2.45, 2.75) is 37.4 Å². The standard InChI is InChI=1S/C13H16N2O2S/c14-13-12-10(8-18(16,17)15-13)6-3-7-11(12)9-4-1-2-5-9/h3,6-7,9H,1-2,4-5,8H2,(H2,14,15). The number of benzene rings is 1. The van der Waals surface area contributed by atoms with Crippen molar-refractivity contribution in [1.29, 1.82) is 0 Å². The van der Waals surface area contributed by atoms with Crippen LogP contribution in [0.15, 0.2) is 22.6 Å². The number of fused-ring (bicyclic) bond motifs is 1. The minimum Gasteiger partial charge on any atom is -0.383 e. The van der Waals surface area contributed by atoms with Crippen LogP contribution in [0.2, 0.25) is 0 Å². The van der Waals surface area contributed by atoms with E-state index in [9.17, 15) is 8.42 Å². The van der Waals surface area contributed by atoms with Crippen LogP contribution in [-0.2, 0) is 15.8 Å². The zero-order chi connectivity index (χ0) is 12.8. The molecule has 1 fully saturated rings. The van der Waals surface area contributed by atoms with E-state index in [2.05, 4.69) is 10.5 Å². The number of hydrogen-bond acceptors (Lipinski definition) is 3. The summed E-state index contributed by atoms with van der Waals surface area (Å²) < 4.78 is 26.8.